The number of sulfonamides is 1. The van der Waals surface area contributed by atoms with Gasteiger partial charge in [-0.1, -0.05) is 33.6 Å². The molecule has 0 spiro atoms. The normalized spacial score (nSPS) is 17.9. The van der Waals surface area contributed by atoms with Gasteiger partial charge in [0.2, 0.25) is 15.9 Å². The van der Waals surface area contributed by atoms with Crippen molar-refractivity contribution >= 4 is 15.9 Å². The van der Waals surface area contributed by atoms with Crippen LogP contribution in [0.5, 0.6) is 0 Å². The molecule has 0 atom stereocenters. The number of hydrogen-bond donors (Lipinski definition) is 1. The highest BCUT2D eigenvalue weighted by molar-refractivity contribution is 7.88. The van der Waals surface area contributed by atoms with Crippen molar-refractivity contribution in [2.75, 3.05) is 19.3 Å². The van der Waals surface area contributed by atoms with Gasteiger partial charge in [0.1, 0.15) is 0 Å². The number of nitrogens with zero attached hydrogens (tertiary/aromatic N) is 1. The Bertz CT molecular complexity index is 406. The lowest BCUT2D eigenvalue weighted by Gasteiger charge is -2.27. The van der Waals surface area contributed by atoms with E-state index in [4.69, 9.17) is 0 Å². The Kier molecular flexibility index (Phi) is 5.38. The summed E-state index contributed by atoms with van der Waals surface area (Å²) >= 11 is 0. The van der Waals surface area contributed by atoms with Gasteiger partial charge in [-0.3, -0.25) is 4.79 Å². The van der Waals surface area contributed by atoms with Gasteiger partial charge in [-0.25, -0.2) is 8.42 Å². The highest BCUT2D eigenvalue weighted by Gasteiger charge is 2.29. The van der Waals surface area contributed by atoms with Gasteiger partial charge in [0.05, 0.1) is 6.26 Å². The molecule has 1 fully saturated rings. The third kappa shape index (κ3) is 5.10. The number of amides is 1. The van der Waals surface area contributed by atoms with Gasteiger partial charge in [-0.05, 0) is 12.8 Å². The van der Waals surface area contributed by atoms with Crippen LogP contribution in [-0.2, 0) is 14.8 Å². The van der Waals surface area contributed by atoms with E-state index in [0.717, 1.165) is 25.7 Å². The Hall–Kier alpha value is -0.620. The minimum absolute atomic E-state index is 0.0487. The summed E-state index contributed by atoms with van der Waals surface area (Å²) < 4.78 is 25.2. The van der Waals surface area contributed by atoms with Gasteiger partial charge < -0.3 is 5.32 Å². The number of hydrogen-bond acceptors (Lipinski definition) is 3. The van der Waals surface area contributed by atoms with Crippen molar-refractivity contribution in [2.24, 2.45) is 5.41 Å². The maximum Gasteiger partial charge on any atom is 0.225 e. The van der Waals surface area contributed by atoms with Gasteiger partial charge in [-0.15, -0.1) is 0 Å². The highest BCUT2D eigenvalue weighted by Crippen LogP contribution is 2.24. The Labute approximate surface area is 116 Å². The van der Waals surface area contributed by atoms with Crippen LogP contribution in [0.1, 0.15) is 46.5 Å². The van der Waals surface area contributed by atoms with E-state index in [1.807, 2.05) is 20.8 Å². The molecular formula is C13H26N2O3S. The molecular weight excluding hydrogens is 264 g/mol. The van der Waals surface area contributed by atoms with E-state index in [9.17, 15) is 13.2 Å². The van der Waals surface area contributed by atoms with Crippen molar-refractivity contribution < 1.29 is 13.2 Å². The predicted octanol–water partition coefficient (Wildman–Crippen LogP) is 1.35. The van der Waals surface area contributed by atoms with Crippen molar-refractivity contribution in [1.29, 1.82) is 0 Å². The van der Waals surface area contributed by atoms with Crippen molar-refractivity contribution in [3.63, 3.8) is 0 Å². The second-order valence-electron chi connectivity index (χ2n) is 6.32. The fourth-order valence-corrected chi connectivity index (χ4v) is 3.53. The minimum Gasteiger partial charge on any atom is -0.354 e. The van der Waals surface area contributed by atoms with Crippen molar-refractivity contribution in [1.82, 2.24) is 9.62 Å². The molecule has 1 N–H and O–H groups in total. The van der Waals surface area contributed by atoms with E-state index >= 15 is 0 Å². The molecule has 6 heteroatoms. The third-order valence-corrected chi connectivity index (χ3v) is 4.79. The molecule has 0 saturated heterocycles. The molecule has 0 bridgehead atoms. The molecule has 0 aromatic rings. The van der Waals surface area contributed by atoms with Crippen molar-refractivity contribution in [2.45, 2.75) is 52.5 Å². The SMILES string of the molecule is CC(C)(C)C(=O)NCCN(C1CCCC1)S(C)(=O)=O. The number of carbonyl (C=O) groups excluding carboxylic acids is 1. The average molecular weight is 290 g/mol. The van der Waals surface area contributed by atoms with Crippen molar-refractivity contribution in [3.05, 3.63) is 0 Å². The zero-order valence-electron chi connectivity index (χ0n) is 12.4. The van der Waals surface area contributed by atoms with E-state index in [2.05, 4.69) is 5.32 Å². The van der Waals surface area contributed by atoms with Crippen LogP contribution in [-0.4, -0.2) is 44.0 Å². The molecule has 1 aliphatic carbocycles. The van der Waals surface area contributed by atoms with Crippen LogP contribution in [0, 0.1) is 5.41 Å². The Morgan fingerprint density at radius 1 is 1.26 bits per heavy atom. The van der Waals surface area contributed by atoms with E-state index in [1.54, 1.807) is 4.31 Å². The maximum atomic E-state index is 11.8. The lowest BCUT2D eigenvalue weighted by atomic mass is 9.96. The Morgan fingerprint density at radius 2 is 1.79 bits per heavy atom. The monoisotopic (exact) mass is 290 g/mol. The average Bonchev–Trinajstić information content (AvgIpc) is 2.73. The number of rotatable bonds is 5. The summed E-state index contributed by atoms with van der Waals surface area (Å²) in [6.45, 7) is 6.26. The van der Waals surface area contributed by atoms with Crippen LogP contribution in [0.25, 0.3) is 0 Å². The van der Waals surface area contributed by atoms with Crippen LogP contribution < -0.4 is 5.32 Å². The standard InChI is InChI=1S/C13H26N2O3S/c1-13(2,3)12(16)14-9-10-15(19(4,17)18)11-7-5-6-8-11/h11H,5-10H2,1-4H3,(H,14,16). The van der Waals surface area contributed by atoms with E-state index in [-0.39, 0.29) is 11.9 Å². The van der Waals surface area contributed by atoms with Gasteiger partial charge >= 0.3 is 0 Å². The summed E-state index contributed by atoms with van der Waals surface area (Å²) in [6, 6.07) is 0.113. The molecule has 19 heavy (non-hydrogen) atoms. The summed E-state index contributed by atoms with van der Waals surface area (Å²) in [5.74, 6) is -0.0487. The molecule has 1 rings (SSSR count). The van der Waals surface area contributed by atoms with Crippen molar-refractivity contribution in [3.8, 4) is 0 Å². The first-order chi connectivity index (χ1) is 8.62. The highest BCUT2D eigenvalue weighted by atomic mass is 32.2. The summed E-state index contributed by atoms with van der Waals surface area (Å²) in [7, 11) is -3.20. The van der Waals surface area contributed by atoms with Gasteiger partial charge in [0, 0.05) is 24.5 Å². The van der Waals surface area contributed by atoms with Crippen LogP contribution in [0.3, 0.4) is 0 Å². The van der Waals surface area contributed by atoms with Gasteiger partial charge in [-0.2, -0.15) is 4.31 Å². The van der Waals surface area contributed by atoms with E-state index < -0.39 is 15.4 Å². The second-order valence-corrected chi connectivity index (χ2v) is 8.25. The molecule has 0 unspecified atom stereocenters. The third-order valence-electron chi connectivity index (χ3n) is 3.46. The second kappa shape index (κ2) is 6.22. The predicted molar refractivity (Wildman–Crippen MR) is 76.3 cm³/mol. The fraction of sp³-hybridized carbons (Fsp3) is 0.923. The Balaban J connectivity index is 2.53. The van der Waals surface area contributed by atoms with Crippen LogP contribution in [0.15, 0.2) is 0 Å². The molecule has 0 aromatic heterocycles. The molecule has 1 aliphatic rings. The lowest BCUT2D eigenvalue weighted by Crippen LogP contribution is -2.44. The zero-order chi connectivity index (χ0) is 14.7. The number of nitrogens with one attached hydrogen (secondary N) is 1. The van der Waals surface area contributed by atoms with E-state index in [1.165, 1.54) is 6.26 Å². The molecule has 1 saturated carbocycles. The van der Waals surface area contributed by atoms with Crippen LogP contribution in [0.4, 0.5) is 0 Å². The fourth-order valence-electron chi connectivity index (χ4n) is 2.36. The molecule has 0 heterocycles. The van der Waals surface area contributed by atoms with E-state index in [0.29, 0.717) is 13.1 Å². The van der Waals surface area contributed by atoms with Gasteiger partial charge in [0.15, 0.2) is 0 Å². The first kappa shape index (κ1) is 16.4. The molecule has 1 amide bonds. The van der Waals surface area contributed by atoms with Crippen LogP contribution >= 0.6 is 0 Å². The first-order valence-corrected chi connectivity index (χ1v) is 8.72. The zero-order valence-corrected chi connectivity index (χ0v) is 13.2. The maximum absolute atomic E-state index is 11.8. The lowest BCUT2D eigenvalue weighted by molar-refractivity contribution is -0.128. The largest absolute Gasteiger partial charge is 0.354 e. The number of carbonyl (C=O) groups is 1. The quantitative estimate of drug-likeness (QED) is 0.831. The molecule has 112 valence electrons. The smallest absolute Gasteiger partial charge is 0.225 e. The summed E-state index contributed by atoms with van der Waals surface area (Å²) in [6.07, 6.45) is 5.29. The summed E-state index contributed by atoms with van der Waals surface area (Å²) in [5.41, 5.74) is -0.441. The topological polar surface area (TPSA) is 66.5 Å². The molecule has 0 aromatic carbocycles. The molecule has 5 nitrogen and oxygen atoms in total. The minimum atomic E-state index is -3.20. The van der Waals surface area contributed by atoms with Gasteiger partial charge in [0.25, 0.3) is 0 Å². The molecule has 0 radical (unpaired) electrons. The summed E-state index contributed by atoms with van der Waals surface area (Å²) in [4.78, 5) is 11.7. The molecule has 0 aliphatic heterocycles. The summed E-state index contributed by atoms with van der Waals surface area (Å²) in [5, 5.41) is 2.80. The Morgan fingerprint density at radius 3 is 2.21 bits per heavy atom. The van der Waals surface area contributed by atoms with Crippen LogP contribution in [0.2, 0.25) is 0 Å². The first-order valence-electron chi connectivity index (χ1n) is 6.87.